The van der Waals surface area contributed by atoms with E-state index in [4.69, 9.17) is 11.6 Å². The van der Waals surface area contributed by atoms with E-state index < -0.39 is 0 Å². The van der Waals surface area contributed by atoms with Crippen LogP contribution in [0.4, 0.5) is 11.5 Å². The smallest absolute Gasteiger partial charge is 0.144 e. The van der Waals surface area contributed by atoms with E-state index in [1.54, 1.807) is 6.20 Å². The molecule has 2 rings (SSSR count). The van der Waals surface area contributed by atoms with Gasteiger partial charge in [-0.2, -0.15) is 0 Å². The van der Waals surface area contributed by atoms with Gasteiger partial charge in [-0.25, -0.2) is 4.98 Å². The number of rotatable bonds is 2. The Bertz CT molecular complexity index is 558. The molecular weight excluding hydrogens is 367 g/mol. The van der Waals surface area contributed by atoms with Crippen LogP contribution in [0, 0.1) is 6.92 Å². The average molecular weight is 376 g/mol. The summed E-state index contributed by atoms with van der Waals surface area (Å²) in [5.74, 6) is 0.759. The first-order chi connectivity index (χ1) is 8.08. The van der Waals surface area contributed by atoms with E-state index in [1.807, 2.05) is 31.2 Å². The van der Waals surface area contributed by atoms with Crippen LogP contribution in [0.1, 0.15) is 5.56 Å². The molecule has 1 aromatic heterocycles. The molecule has 0 amide bonds. The van der Waals surface area contributed by atoms with Crippen molar-refractivity contribution >= 4 is 55.0 Å². The monoisotopic (exact) mass is 374 g/mol. The quantitative estimate of drug-likeness (QED) is 0.768. The summed E-state index contributed by atoms with van der Waals surface area (Å²) in [6, 6.07) is 7.62. The van der Waals surface area contributed by atoms with E-state index in [1.165, 1.54) is 0 Å². The van der Waals surface area contributed by atoms with Crippen molar-refractivity contribution in [2.24, 2.45) is 0 Å². The lowest BCUT2D eigenvalue weighted by molar-refractivity contribution is 1.25. The van der Waals surface area contributed by atoms with Gasteiger partial charge in [0.1, 0.15) is 5.82 Å². The first-order valence-corrected chi connectivity index (χ1v) is 6.87. The van der Waals surface area contributed by atoms with E-state index in [0.717, 1.165) is 26.0 Å². The highest BCUT2D eigenvalue weighted by molar-refractivity contribution is 9.11. The number of halogens is 3. The first kappa shape index (κ1) is 12.9. The third kappa shape index (κ3) is 3.00. The molecule has 5 heteroatoms. The first-order valence-electron chi connectivity index (χ1n) is 4.91. The highest BCUT2D eigenvalue weighted by Gasteiger charge is 2.06. The number of anilines is 2. The zero-order chi connectivity index (χ0) is 12.4. The summed E-state index contributed by atoms with van der Waals surface area (Å²) < 4.78 is 1.89. The third-order valence-corrected chi connectivity index (χ3v) is 4.07. The predicted octanol–water partition coefficient (Wildman–Crippen LogP) is 5.31. The normalized spacial score (nSPS) is 10.4. The summed E-state index contributed by atoms with van der Waals surface area (Å²) in [4.78, 5) is 4.27. The maximum absolute atomic E-state index is 6.14. The highest BCUT2D eigenvalue weighted by Crippen LogP contribution is 2.31. The summed E-state index contributed by atoms with van der Waals surface area (Å²) in [5, 5.41) is 3.85. The minimum atomic E-state index is 0.648. The molecule has 2 nitrogen and oxygen atoms in total. The zero-order valence-electron chi connectivity index (χ0n) is 8.97. The molecule has 1 aromatic carbocycles. The van der Waals surface area contributed by atoms with E-state index in [9.17, 15) is 0 Å². The second-order valence-corrected chi connectivity index (χ2v) is 5.66. The van der Waals surface area contributed by atoms with Crippen LogP contribution in [0.5, 0.6) is 0 Å². The lowest BCUT2D eigenvalue weighted by Gasteiger charge is -2.10. The number of hydrogen-bond acceptors (Lipinski definition) is 2. The summed E-state index contributed by atoms with van der Waals surface area (Å²) in [6.07, 6.45) is 1.76. The van der Waals surface area contributed by atoms with Crippen molar-refractivity contribution in [2.45, 2.75) is 6.92 Å². The van der Waals surface area contributed by atoms with E-state index in [0.29, 0.717) is 5.02 Å². The SMILES string of the molecule is Cc1ccnc(Nc2ccc(Br)cc2Cl)c1Br. The fourth-order valence-electron chi connectivity index (χ4n) is 1.35. The molecule has 1 heterocycles. The van der Waals surface area contributed by atoms with Crippen LogP contribution in [0.25, 0.3) is 0 Å². The minimum Gasteiger partial charge on any atom is -0.338 e. The fourth-order valence-corrected chi connectivity index (χ4v) is 2.40. The van der Waals surface area contributed by atoms with Crippen LogP contribution in [-0.4, -0.2) is 4.98 Å². The Labute approximate surface area is 122 Å². The molecule has 0 spiro atoms. The molecule has 0 saturated carbocycles. The van der Waals surface area contributed by atoms with Gasteiger partial charge in [-0.05, 0) is 52.7 Å². The summed E-state index contributed by atoms with van der Waals surface area (Å²) in [6.45, 7) is 2.01. The van der Waals surface area contributed by atoms with E-state index in [2.05, 4.69) is 42.2 Å². The molecule has 0 radical (unpaired) electrons. The van der Waals surface area contributed by atoms with Crippen LogP contribution < -0.4 is 5.32 Å². The molecule has 0 fully saturated rings. The Morgan fingerprint density at radius 2 is 2.00 bits per heavy atom. The summed E-state index contributed by atoms with van der Waals surface area (Å²) in [7, 11) is 0. The van der Waals surface area contributed by atoms with Gasteiger partial charge in [0.05, 0.1) is 15.2 Å². The van der Waals surface area contributed by atoms with Gasteiger partial charge in [-0.15, -0.1) is 0 Å². The topological polar surface area (TPSA) is 24.9 Å². The number of nitrogens with one attached hydrogen (secondary N) is 1. The standard InChI is InChI=1S/C12H9Br2ClN2/c1-7-4-5-16-12(11(7)14)17-10-3-2-8(13)6-9(10)15/h2-6H,1H3,(H,16,17). The Hall–Kier alpha value is -0.580. The number of hydrogen-bond donors (Lipinski definition) is 1. The van der Waals surface area contributed by atoms with Crippen molar-refractivity contribution in [3.05, 3.63) is 50.0 Å². The third-order valence-electron chi connectivity index (χ3n) is 2.27. The van der Waals surface area contributed by atoms with Gasteiger partial charge in [0.15, 0.2) is 0 Å². The van der Waals surface area contributed by atoms with Gasteiger partial charge < -0.3 is 5.32 Å². The Kier molecular flexibility index (Phi) is 4.07. The van der Waals surface area contributed by atoms with Gasteiger partial charge in [-0.3, -0.25) is 0 Å². The maximum Gasteiger partial charge on any atom is 0.144 e. The van der Waals surface area contributed by atoms with Gasteiger partial charge in [0.25, 0.3) is 0 Å². The van der Waals surface area contributed by atoms with Crippen LogP contribution in [0.2, 0.25) is 5.02 Å². The molecule has 2 aromatic rings. The largest absolute Gasteiger partial charge is 0.338 e. The van der Waals surface area contributed by atoms with Gasteiger partial charge in [-0.1, -0.05) is 27.5 Å². The molecule has 0 unspecified atom stereocenters. The fraction of sp³-hybridized carbons (Fsp3) is 0.0833. The van der Waals surface area contributed by atoms with Crippen molar-refractivity contribution in [1.29, 1.82) is 0 Å². The van der Waals surface area contributed by atoms with Crippen LogP contribution in [0.15, 0.2) is 39.4 Å². The van der Waals surface area contributed by atoms with E-state index in [-0.39, 0.29) is 0 Å². The number of pyridine rings is 1. The number of nitrogens with zero attached hydrogens (tertiary/aromatic N) is 1. The van der Waals surface area contributed by atoms with Gasteiger partial charge in [0.2, 0.25) is 0 Å². The van der Waals surface area contributed by atoms with Crippen LogP contribution >= 0.6 is 43.5 Å². The Morgan fingerprint density at radius 3 is 2.71 bits per heavy atom. The van der Waals surface area contributed by atoms with Gasteiger partial charge >= 0.3 is 0 Å². The van der Waals surface area contributed by atoms with E-state index >= 15 is 0 Å². The van der Waals surface area contributed by atoms with Crippen molar-refractivity contribution in [3.8, 4) is 0 Å². The summed E-state index contributed by atoms with van der Waals surface area (Å²) >= 11 is 13.0. The number of benzene rings is 1. The zero-order valence-corrected chi connectivity index (χ0v) is 12.9. The minimum absolute atomic E-state index is 0.648. The molecule has 0 aliphatic rings. The lowest BCUT2D eigenvalue weighted by Crippen LogP contribution is -1.96. The molecule has 1 N–H and O–H groups in total. The average Bonchev–Trinajstić information content (AvgIpc) is 2.28. The summed E-state index contributed by atoms with van der Waals surface area (Å²) in [5.41, 5.74) is 1.95. The molecule has 0 aliphatic heterocycles. The molecule has 17 heavy (non-hydrogen) atoms. The number of aromatic nitrogens is 1. The second-order valence-electron chi connectivity index (χ2n) is 3.54. The molecule has 0 atom stereocenters. The van der Waals surface area contributed by atoms with Crippen molar-refractivity contribution in [1.82, 2.24) is 4.98 Å². The second kappa shape index (κ2) is 5.38. The molecule has 0 aliphatic carbocycles. The Balaban J connectivity index is 2.35. The number of aryl methyl sites for hydroxylation is 1. The van der Waals surface area contributed by atoms with Crippen molar-refractivity contribution < 1.29 is 0 Å². The predicted molar refractivity (Wildman–Crippen MR) is 79.1 cm³/mol. The highest BCUT2D eigenvalue weighted by atomic mass is 79.9. The van der Waals surface area contributed by atoms with Crippen molar-refractivity contribution in [3.63, 3.8) is 0 Å². The van der Waals surface area contributed by atoms with Crippen LogP contribution in [-0.2, 0) is 0 Å². The molecule has 88 valence electrons. The van der Waals surface area contributed by atoms with Gasteiger partial charge in [0, 0.05) is 10.7 Å². The van der Waals surface area contributed by atoms with Crippen molar-refractivity contribution in [2.75, 3.05) is 5.32 Å². The maximum atomic E-state index is 6.14. The molecular formula is C12H9Br2ClN2. The Morgan fingerprint density at radius 1 is 1.24 bits per heavy atom. The molecule has 0 saturated heterocycles. The lowest BCUT2D eigenvalue weighted by atomic mass is 10.3. The van der Waals surface area contributed by atoms with Crippen LogP contribution in [0.3, 0.4) is 0 Å². The molecule has 0 bridgehead atoms.